The van der Waals surface area contributed by atoms with E-state index < -0.39 is 84.1 Å². The smallest absolute Gasteiger partial charge is 0.443 e. The number of carbonyl (C=O) groups is 1. The summed E-state index contributed by atoms with van der Waals surface area (Å²) in [5, 5.41) is 9.78. The van der Waals surface area contributed by atoms with Crippen molar-refractivity contribution >= 4 is 5.97 Å². The van der Waals surface area contributed by atoms with Crippen LogP contribution < -0.4 is 0 Å². The van der Waals surface area contributed by atoms with E-state index >= 15 is 13.2 Å². The van der Waals surface area contributed by atoms with E-state index in [2.05, 4.69) is 20.8 Å². The first kappa shape index (κ1) is 39.6. The van der Waals surface area contributed by atoms with Gasteiger partial charge in [-0.25, -0.2) is 19.6 Å². The van der Waals surface area contributed by atoms with E-state index in [1.807, 2.05) is 13.8 Å². The van der Waals surface area contributed by atoms with Gasteiger partial charge in [-0.15, -0.1) is 0 Å². The molecule has 8 aliphatic heterocycles. The minimum absolute atomic E-state index is 0.0127. The number of halogens is 3. The summed E-state index contributed by atoms with van der Waals surface area (Å²) in [6, 6.07) is 0. The molecule has 16 atom stereocenters. The normalized spacial score (nSPS) is 52.4. The maximum absolute atomic E-state index is 15.4. The Labute approximate surface area is 314 Å². The highest BCUT2D eigenvalue weighted by molar-refractivity contribution is 5.69. The molecule has 0 aromatic carbocycles. The summed E-state index contributed by atoms with van der Waals surface area (Å²) in [7, 11) is 0. The maximum Gasteiger partial charge on any atom is 0.443 e. The van der Waals surface area contributed by atoms with Gasteiger partial charge in [-0.3, -0.25) is 9.69 Å². The molecule has 2 aliphatic carbocycles. The van der Waals surface area contributed by atoms with Crippen LogP contribution >= 0.6 is 0 Å². The second-order valence-electron chi connectivity index (χ2n) is 18.2. The van der Waals surface area contributed by atoms with Crippen LogP contribution in [0.1, 0.15) is 99.8 Å². The highest BCUT2D eigenvalue weighted by atomic mass is 19.4. The molecule has 10 aliphatic rings. The Kier molecular flexibility index (Phi) is 9.86. The van der Waals surface area contributed by atoms with Crippen molar-refractivity contribution in [3.8, 4) is 0 Å². The fourth-order valence-electron chi connectivity index (χ4n) is 11.9. The van der Waals surface area contributed by atoms with E-state index in [9.17, 15) is 9.90 Å². The van der Waals surface area contributed by atoms with Gasteiger partial charge in [0.05, 0.1) is 19.8 Å². The third kappa shape index (κ3) is 5.93. The van der Waals surface area contributed by atoms with Crippen LogP contribution in [0.2, 0.25) is 0 Å². The molecule has 13 nitrogen and oxygen atoms in total. The number of aliphatic carboxylic acids is 1. The maximum atomic E-state index is 15.4. The molecule has 10 fully saturated rings. The average molecular weight is 778 g/mol. The molecule has 2 spiro atoms. The van der Waals surface area contributed by atoms with Crippen LogP contribution in [0.5, 0.6) is 0 Å². The Hall–Kier alpha value is -1.18. The van der Waals surface area contributed by atoms with Gasteiger partial charge in [0.1, 0.15) is 0 Å². The van der Waals surface area contributed by atoms with Crippen molar-refractivity contribution in [2.45, 2.75) is 153 Å². The van der Waals surface area contributed by atoms with Crippen LogP contribution in [-0.2, 0) is 52.8 Å². The zero-order valence-corrected chi connectivity index (χ0v) is 32.5. The van der Waals surface area contributed by atoms with Crippen molar-refractivity contribution < 1.29 is 71.0 Å². The number of carboxylic acids is 1. The van der Waals surface area contributed by atoms with Crippen molar-refractivity contribution in [2.75, 3.05) is 32.8 Å². The lowest BCUT2D eigenvalue weighted by Gasteiger charge is -2.62. The third-order valence-corrected chi connectivity index (χ3v) is 15.1. The molecule has 0 unspecified atom stereocenters. The zero-order valence-electron chi connectivity index (χ0n) is 32.5. The summed E-state index contributed by atoms with van der Waals surface area (Å²) in [4.78, 5) is 37.5. The lowest BCUT2D eigenvalue weighted by molar-refractivity contribution is -0.598. The molecule has 4 bridgehead atoms. The number of fused-ring (bicyclic) bond motifs is 4. The van der Waals surface area contributed by atoms with Gasteiger partial charge in [-0.1, -0.05) is 27.7 Å². The van der Waals surface area contributed by atoms with Crippen LogP contribution in [0, 0.1) is 47.3 Å². The molecule has 308 valence electrons. The minimum Gasteiger partial charge on any atom is -0.480 e. The predicted octanol–water partition coefficient (Wildman–Crippen LogP) is 6.14. The quantitative estimate of drug-likeness (QED) is 0.255. The SMILES string of the molecule is C[C@@H]1CC[C@H]2[C@@H](C)[C@@](C)(OCCN(CCO[C@@]3(C(F)(F)F)O[C@@H]4O[C@]5(C)CC[C@H]6[C@H](C)CC[C@@H]([C@H]3C)[C@@]46OO5)CC(=O)O)O[C@@H]3O[C@]4(C)CC[C@@H]1[C@]32OO4. The van der Waals surface area contributed by atoms with Gasteiger partial charge >= 0.3 is 12.1 Å². The Balaban J connectivity index is 0.960. The summed E-state index contributed by atoms with van der Waals surface area (Å²) < 4.78 is 83.7. The third-order valence-electron chi connectivity index (χ3n) is 15.1. The van der Waals surface area contributed by atoms with Gasteiger partial charge in [0.2, 0.25) is 11.6 Å². The van der Waals surface area contributed by atoms with Crippen molar-refractivity contribution in [3.63, 3.8) is 0 Å². The average Bonchev–Trinajstić information content (AvgIpc) is 3.46. The first-order valence-electron chi connectivity index (χ1n) is 20.1. The van der Waals surface area contributed by atoms with Gasteiger partial charge in [0.25, 0.3) is 5.79 Å². The minimum atomic E-state index is -4.94. The molecule has 0 amide bonds. The molecule has 2 saturated carbocycles. The fraction of sp³-hybridized carbons (Fsp3) is 0.974. The zero-order chi connectivity index (χ0) is 38.7. The van der Waals surface area contributed by atoms with Gasteiger partial charge in [0.15, 0.2) is 29.6 Å². The monoisotopic (exact) mass is 777 g/mol. The van der Waals surface area contributed by atoms with Crippen LogP contribution in [0.25, 0.3) is 0 Å². The van der Waals surface area contributed by atoms with Crippen LogP contribution in [0.15, 0.2) is 0 Å². The molecular formula is C38H58F3NO12. The van der Waals surface area contributed by atoms with Crippen molar-refractivity contribution in [3.05, 3.63) is 0 Å². The number of nitrogens with zero attached hydrogens (tertiary/aromatic N) is 1. The number of carboxylic acid groups (broad SMARTS) is 1. The lowest BCUT2D eigenvalue weighted by Crippen LogP contribution is -2.76. The second-order valence-corrected chi connectivity index (χ2v) is 18.2. The molecule has 0 radical (unpaired) electrons. The topological polar surface area (TPSA) is 133 Å². The molecule has 10 rings (SSSR count). The molecule has 0 aromatic rings. The van der Waals surface area contributed by atoms with Crippen LogP contribution in [0.3, 0.4) is 0 Å². The van der Waals surface area contributed by atoms with E-state index in [1.165, 1.54) is 11.8 Å². The Morgan fingerprint density at radius 3 is 1.70 bits per heavy atom. The van der Waals surface area contributed by atoms with E-state index in [4.69, 9.17) is 48.0 Å². The molecule has 8 heterocycles. The fourth-order valence-corrected chi connectivity index (χ4v) is 11.9. The molecule has 0 aromatic heterocycles. The van der Waals surface area contributed by atoms with Gasteiger partial charge in [-0.05, 0) is 83.0 Å². The number of alkyl halides is 3. The summed E-state index contributed by atoms with van der Waals surface area (Å²) in [5.74, 6) is -8.78. The number of hydrogen-bond acceptors (Lipinski definition) is 12. The van der Waals surface area contributed by atoms with Crippen LogP contribution in [0.4, 0.5) is 13.2 Å². The standard InChI is InChI=1S/C38H58F3NO12/c1-21-8-10-27-23(3)34(7,49-30-35(27)25(21)12-14-32(5,47-30)51-53-35)45-18-16-42(20-29(43)44)17-19-46-37(38(39,40)41)24(4)28-11-9-22(2)26-13-15-33(6)48-31(50-37)36(26,28)54-52-33/h21-28,30-31H,8-20H2,1-7H3,(H,43,44)/t21-,22-,23-,24-,25+,26+,27+,28+,30+,31+,32+,33+,34+,35-,36-,37-/m1/s1. The summed E-state index contributed by atoms with van der Waals surface area (Å²) in [6.07, 6.45) is -1.28. The highest BCUT2D eigenvalue weighted by Crippen LogP contribution is 2.65. The second kappa shape index (κ2) is 13.4. The Morgan fingerprint density at radius 2 is 1.19 bits per heavy atom. The van der Waals surface area contributed by atoms with Crippen molar-refractivity contribution in [1.82, 2.24) is 4.90 Å². The van der Waals surface area contributed by atoms with Gasteiger partial charge in [-0.2, -0.15) is 13.2 Å². The number of ether oxygens (including phenoxy) is 6. The predicted molar refractivity (Wildman–Crippen MR) is 179 cm³/mol. The van der Waals surface area contributed by atoms with Crippen molar-refractivity contribution in [2.24, 2.45) is 47.3 Å². The Morgan fingerprint density at radius 1 is 0.685 bits per heavy atom. The van der Waals surface area contributed by atoms with E-state index in [0.29, 0.717) is 31.6 Å². The number of hydrogen-bond donors (Lipinski definition) is 1. The largest absolute Gasteiger partial charge is 0.480 e. The van der Waals surface area contributed by atoms with Gasteiger partial charge in [0, 0.05) is 49.6 Å². The Bertz CT molecular complexity index is 1440. The van der Waals surface area contributed by atoms with Gasteiger partial charge < -0.3 is 33.5 Å². The van der Waals surface area contributed by atoms with E-state index in [1.54, 1.807) is 6.92 Å². The van der Waals surface area contributed by atoms with E-state index in [0.717, 1.165) is 25.7 Å². The lowest BCUT2D eigenvalue weighted by atomic mass is 9.57. The van der Waals surface area contributed by atoms with Crippen LogP contribution in [-0.4, -0.2) is 102 Å². The molecular weight excluding hydrogens is 719 g/mol. The van der Waals surface area contributed by atoms with Crippen molar-refractivity contribution in [1.29, 1.82) is 0 Å². The molecule has 1 N–H and O–H groups in total. The van der Waals surface area contributed by atoms with E-state index in [-0.39, 0.29) is 49.3 Å². The first-order chi connectivity index (χ1) is 25.3. The first-order valence-corrected chi connectivity index (χ1v) is 20.1. The summed E-state index contributed by atoms with van der Waals surface area (Å²) in [5.41, 5.74) is -1.98. The number of rotatable bonds is 10. The molecule has 16 heteroatoms. The summed E-state index contributed by atoms with van der Waals surface area (Å²) in [6.45, 7) is 12.4. The highest BCUT2D eigenvalue weighted by Gasteiger charge is 2.77. The molecule has 8 saturated heterocycles. The molecule has 54 heavy (non-hydrogen) atoms. The summed E-state index contributed by atoms with van der Waals surface area (Å²) >= 11 is 0.